The molecule has 0 aromatic heterocycles. The Morgan fingerprint density at radius 3 is 2.00 bits per heavy atom. The van der Waals surface area contributed by atoms with E-state index in [9.17, 15) is 0 Å². The molecule has 0 aliphatic carbocycles. The molecule has 0 unspecified atom stereocenters. The van der Waals surface area contributed by atoms with E-state index < -0.39 is 0 Å². The van der Waals surface area contributed by atoms with Crippen molar-refractivity contribution in [3.8, 4) is 29.1 Å². The van der Waals surface area contributed by atoms with Gasteiger partial charge in [-0.25, -0.2) is 0 Å². The average molecular weight is 332 g/mol. The van der Waals surface area contributed by atoms with Crippen LogP contribution >= 0.6 is 22.6 Å². The van der Waals surface area contributed by atoms with Crippen LogP contribution in [0.4, 0.5) is 0 Å². The lowest BCUT2D eigenvalue weighted by Gasteiger charge is -2.12. The largest absolute Gasteiger partial charge is 0.493 e. The van der Waals surface area contributed by atoms with Gasteiger partial charge in [-0.3, -0.25) is 0 Å². The standard InChI is InChI=1S/C12H13IO3/c1-14-10-7-9(5-4-6-13)8-11(15-2)12(10)16-3/h7-8H,6H2,1-3H3. The third-order valence-electron chi connectivity index (χ3n) is 1.96. The number of halogens is 1. The number of ether oxygens (including phenoxy) is 3. The van der Waals surface area contributed by atoms with Crippen LogP contribution < -0.4 is 14.2 Å². The summed E-state index contributed by atoms with van der Waals surface area (Å²) in [5, 5.41) is 0. The molecule has 0 saturated carbocycles. The molecule has 4 heteroatoms. The SMILES string of the molecule is COc1cc(C#CCI)cc(OC)c1OC. The zero-order valence-electron chi connectivity index (χ0n) is 9.46. The molecule has 1 rings (SSSR count). The first kappa shape index (κ1) is 13.0. The fourth-order valence-electron chi connectivity index (χ4n) is 1.29. The first-order valence-corrected chi connectivity index (χ1v) is 6.14. The van der Waals surface area contributed by atoms with Crippen LogP contribution in [0.15, 0.2) is 12.1 Å². The first-order chi connectivity index (χ1) is 7.76. The van der Waals surface area contributed by atoms with Crippen molar-refractivity contribution in [1.82, 2.24) is 0 Å². The third kappa shape index (κ3) is 2.95. The lowest BCUT2D eigenvalue weighted by atomic mass is 10.2. The lowest BCUT2D eigenvalue weighted by molar-refractivity contribution is 0.324. The zero-order valence-corrected chi connectivity index (χ0v) is 11.6. The summed E-state index contributed by atoms with van der Waals surface area (Å²) in [5.41, 5.74) is 0.853. The predicted octanol–water partition coefficient (Wildman–Crippen LogP) is 2.50. The molecule has 1 aromatic rings. The van der Waals surface area contributed by atoms with Crippen LogP contribution in [0.5, 0.6) is 17.2 Å². The molecule has 0 aliphatic rings. The summed E-state index contributed by atoms with van der Waals surface area (Å²) in [6.45, 7) is 0. The van der Waals surface area contributed by atoms with Crippen molar-refractivity contribution in [2.45, 2.75) is 0 Å². The topological polar surface area (TPSA) is 27.7 Å². The maximum absolute atomic E-state index is 5.22. The van der Waals surface area contributed by atoms with E-state index in [1.165, 1.54) is 0 Å². The molecule has 0 N–H and O–H groups in total. The summed E-state index contributed by atoms with van der Waals surface area (Å²) in [7, 11) is 4.76. The van der Waals surface area contributed by atoms with Crippen LogP contribution in [0.25, 0.3) is 0 Å². The minimum Gasteiger partial charge on any atom is -0.493 e. The van der Waals surface area contributed by atoms with E-state index in [1.54, 1.807) is 21.3 Å². The summed E-state index contributed by atoms with van der Waals surface area (Å²) in [4.78, 5) is 0. The van der Waals surface area contributed by atoms with Gasteiger partial charge in [0.2, 0.25) is 5.75 Å². The second-order valence-electron chi connectivity index (χ2n) is 2.85. The van der Waals surface area contributed by atoms with Crippen LogP contribution in [-0.4, -0.2) is 25.8 Å². The minimum absolute atomic E-state index is 0.588. The molecule has 0 bridgehead atoms. The Morgan fingerprint density at radius 2 is 1.62 bits per heavy atom. The van der Waals surface area contributed by atoms with E-state index in [0.29, 0.717) is 17.2 Å². The van der Waals surface area contributed by atoms with Crippen molar-refractivity contribution in [1.29, 1.82) is 0 Å². The van der Waals surface area contributed by atoms with Gasteiger partial charge in [-0.05, 0) is 12.1 Å². The van der Waals surface area contributed by atoms with Gasteiger partial charge in [0.25, 0.3) is 0 Å². The Balaban J connectivity index is 3.25. The molecule has 16 heavy (non-hydrogen) atoms. The van der Waals surface area contributed by atoms with Crippen LogP contribution in [0.2, 0.25) is 0 Å². The smallest absolute Gasteiger partial charge is 0.203 e. The number of rotatable bonds is 3. The van der Waals surface area contributed by atoms with Gasteiger partial charge in [-0.2, -0.15) is 0 Å². The summed E-state index contributed by atoms with van der Waals surface area (Å²) >= 11 is 2.20. The van der Waals surface area contributed by atoms with E-state index >= 15 is 0 Å². The quantitative estimate of drug-likeness (QED) is 0.484. The summed E-state index contributed by atoms with van der Waals surface area (Å²) in [5.74, 6) is 7.85. The van der Waals surface area contributed by atoms with Crippen molar-refractivity contribution in [3.05, 3.63) is 17.7 Å². The number of hydrogen-bond donors (Lipinski definition) is 0. The van der Waals surface area contributed by atoms with Crippen molar-refractivity contribution in [2.24, 2.45) is 0 Å². The summed E-state index contributed by atoms with van der Waals surface area (Å²) < 4.78 is 16.5. The molecule has 0 saturated heterocycles. The zero-order chi connectivity index (χ0) is 12.0. The second kappa shape index (κ2) is 6.48. The Hall–Kier alpha value is -1.09. The number of methoxy groups -OCH3 is 3. The molecule has 0 aliphatic heterocycles. The highest BCUT2D eigenvalue weighted by atomic mass is 127. The predicted molar refractivity (Wildman–Crippen MR) is 71.9 cm³/mol. The third-order valence-corrected chi connectivity index (χ3v) is 2.35. The molecule has 0 fully saturated rings. The maximum Gasteiger partial charge on any atom is 0.203 e. The number of alkyl halides is 1. The molecular formula is C12H13IO3. The monoisotopic (exact) mass is 332 g/mol. The molecule has 86 valence electrons. The van der Waals surface area contributed by atoms with E-state index in [2.05, 4.69) is 34.4 Å². The number of benzene rings is 1. The van der Waals surface area contributed by atoms with Crippen molar-refractivity contribution >= 4 is 22.6 Å². The molecule has 1 aromatic carbocycles. The average Bonchev–Trinajstić information content (AvgIpc) is 2.34. The van der Waals surface area contributed by atoms with Gasteiger partial charge in [0.05, 0.1) is 25.8 Å². The van der Waals surface area contributed by atoms with Crippen LogP contribution in [0.3, 0.4) is 0 Å². The fourth-order valence-corrected chi connectivity index (χ4v) is 1.48. The van der Waals surface area contributed by atoms with Gasteiger partial charge >= 0.3 is 0 Å². The molecule has 0 atom stereocenters. The molecule has 0 radical (unpaired) electrons. The van der Waals surface area contributed by atoms with Crippen molar-refractivity contribution in [2.75, 3.05) is 25.8 Å². The number of hydrogen-bond acceptors (Lipinski definition) is 3. The molecular weight excluding hydrogens is 319 g/mol. The highest BCUT2D eigenvalue weighted by Gasteiger charge is 2.11. The van der Waals surface area contributed by atoms with E-state index in [4.69, 9.17) is 14.2 Å². The highest BCUT2D eigenvalue weighted by molar-refractivity contribution is 14.1. The van der Waals surface area contributed by atoms with Crippen LogP contribution in [-0.2, 0) is 0 Å². The fraction of sp³-hybridized carbons (Fsp3) is 0.333. The van der Waals surface area contributed by atoms with Crippen molar-refractivity contribution in [3.63, 3.8) is 0 Å². The molecule has 3 nitrogen and oxygen atoms in total. The van der Waals surface area contributed by atoms with Gasteiger partial charge in [0.1, 0.15) is 0 Å². The highest BCUT2D eigenvalue weighted by Crippen LogP contribution is 2.37. The second-order valence-corrected chi connectivity index (χ2v) is 3.61. The van der Waals surface area contributed by atoms with E-state index in [1.807, 2.05) is 12.1 Å². The van der Waals surface area contributed by atoms with Gasteiger partial charge in [-0.15, -0.1) is 0 Å². The van der Waals surface area contributed by atoms with E-state index in [-0.39, 0.29) is 0 Å². The van der Waals surface area contributed by atoms with Crippen LogP contribution in [0.1, 0.15) is 5.56 Å². The first-order valence-electron chi connectivity index (χ1n) is 4.61. The Bertz CT molecular complexity index is 393. The molecule has 0 heterocycles. The van der Waals surface area contributed by atoms with Gasteiger partial charge in [0, 0.05) is 5.56 Å². The maximum atomic E-state index is 5.22. The summed E-state index contributed by atoms with van der Waals surface area (Å²) in [6, 6.07) is 3.67. The summed E-state index contributed by atoms with van der Waals surface area (Å²) in [6.07, 6.45) is 0. The molecule has 0 amide bonds. The lowest BCUT2D eigenvalue weighted by Crippen LogP contribution is -1.95. The van der Waals surface area contributed by atoms with E-state index in [0.717, 1.165) is 9.99 Å². The minimum atomic E-state index is 0.588. The Labute approximate surface area is 109 Å². The van der Waals surface area contributed by atoms with Gasteiger partial charge in [0.15, 0.2) is 11.5 Å². The van der Waals surface area contributed by atoms with Crippen molar-refractivity contribution < 1.29 is 14.2 Å². The van der Waals surface area contributed by atoms with Gasteiger partial charge in [-0.1, -0.05) is 34.4 Å². The Morgan fingerprint density at radius 1 is 1.06 bits per heavy atom. The molecule has 0 spiro atoms. The van der Waals surface area contributed by atoms with Gasteiger partial charge < -0.3 is 14.2 Å². The normalized spacial score (nSPS) is 9.00. The van der Waals surface area contributed by atoms with Crippen LogP contribution in [0, 0.1) is 11.8 Å². The Kier molecular flexibility index (Phi) is 5.26.